The van der Waals surface area contributed by atoms with Crippen LogP contribution in [0, 0.1) is 11.8 Å². The fraction of sp³-hybridized carbons (Fsp3) is 0.618. The monoisotopic (exact) mass is 655 g/mol. The van der Waals surface area contributed by atoms with E-state index in [0.29, 0.717) is 32.5 Å². The summed E-state index contributed by atoms with van der Waals surface area (Å²) in [6.07, 6.45) is 9.60. The van der Waals surface area contributed by atoms with Gasteiger partial charge in [0.15, 0.2) is 0 Å². The maximum atomic E-state index is 14.9. The summed E-state index contributed by atoms with van der Waals surface area (Å²) in [7, 11) is 0. The molecule has 3 heterocycles. The Morgan fingerprint density at radius 2 is 1.84 bits per heavy atom. The standard InChI is InChI=1S/C34H46BrN3O5/c1-4-17-36(18-5-2)31(40)27-28-32(41)38(25(22-39)20-23-13-9-7-10-14-23)30(34(28)21-26(35)29(27)43-34)33(42)37(19-6-3)24-15-11-8-12-16-24/h4,6-7,9-10,13-14,24-30,39H,1,3,5,8,11-12,15-22H2,2H3/t25-,26?,27+,28+,29+,30?,34?/m1/s1. The zero-order valence-electron chi connectivity index (χ0n) is 25.3. The number of aliphatic hydroxyl groups excluding tert-OH is 1. The summed E-state index contributed by atoms with van der Waals surface area (Å²) >= 11 is 3.80. The van der Waals surface area contributed by atoms with Gasteiger partial charge in [-0.25, -0.2) is 0 Å². The zero-order chi connectivity index (χ0) is 30.7. The van der Waals surface area contributed by atoms with E-state index in [9.17, 15) is 19.5 Å². The number of nitrogens with zero attached hydrogens (tertiary/aromatic N) is 3. The van der Waals surface area contributed by atoms with Crippen molar-refractivity contribution in [2.45, 2.75) is 92.9 Å². The Hall–Kier alpha value is -2.49. The quantitative estimate of drug-likeness (QED) is 0.255. The molecule has 1 N–H and O–H groups in total. The Labute approximate surface area is 264 Å². The largest absolute Gasteiger partial charge is 0.394 e. The number of rotatable bonds is 13. The predicted molar refractivity (Wildman–Crippen MR) is 169 cm³/mol. The van der Waals surface area contributed by atoms with Gasteiger partial charge < -0.3 is 24.5 Å². The number of hydrogen-bond acceptors (Lipinski definition) is 5. The molecular formula is C34H46BrN3O5. The van der Waals surface area contributed by atoms with Gasteiger partial charge in [0.2, 0.25) is 17.7 Å². The molecule has 9 heteroatoms. The molecule has 234 valence electrons. The number of carbonyl (C=O) groups excluding carboxylic acids is 3. The highest BCUT2D eigenvalue weighted by atomic mass is 79.9. The van der Waals surface area contributed by atoms with Crippen molar-refractivity contribution in [3.05, 3.63) is 61.2 Å². The van der Waals surface area contributed by atoms with Crippen molar-refractivity contribution in [3.63, 3.8) is 0 Å². The molecule has 3 amide bonds. The molecule has 1 aromatic carbocycles. The number of carbonyl (C=O) groups is 3. The van der Waals surface area contributed by atoms with E-state index in [1.807, 2.05) is 42.2 Å². The molecule has 7 atom stereocenters. The summed E-state index contributed by atoms with van der Waals surface area (Å²) in [4.78, 5) is 48.9. The fourth-order valence-electron chi connectivity index (χ4n) is 8.20. The molecule has 3 unspecified atom stereocenters. The molecule has 8 nitrogen and oxygen atoms in total. The molecule has 3 saturated heterocycles. The minimum atomic E-state index is -1.17. The Balaban J connectivity index is 1.59. The fourth-order valence-corrected chi connectivity index (χ4v) is 9.14. The SMILES string of the molecule is C=CCN(CCC)C(=O)[C@H]1[C@H]2C(=O)N([C@@H](CO)Cc3ccccc3)C(C(=O)N(CC=C)C3CCCCC3)C23CC(Br)[C@@H]1O3. The molecule has 1 saturated carbocycles. The topological polar surface area (TPSA) is 90.4 Å². The average molecular weight is 657 g/mol. The van der Waals surface area contributed by atoms with E-state index in [0.717, 1.165) is 44.1 Å². The molecule has 43 heavy (non-hydrogen) atoms. The number of halogens is 1. The lowest BCUT2D eigenvalue weighted by Gasteiger charge is -2.42. The van der Waals surface area contributed by atoms with Crippen LogP contribution in [0.25, 0.3) is 0 Å². The van der Waals surface area contributed by atoms with Crippen LogP contribution in [0.1, 0.15) is 57.4 Å². The van der Waals surface area contributed by atoms with Gasteiger partial charge in [0.05, 0.1) is 30.6 Å². The number of aliphatic hydroxyl groups is 1. The molecular weight excluding hydrogens is 610 g/mol. The summed E-state index contributed by atoms with van der Waals surface area (Å²) in [5, 5.41) is 10.8. The van der Waals surface area contributed by atoms with Crippen molar-refractivity contribution < 1.29 is 24.2 Å². The third-order valence-electron chi connectivity index (χ3n) is 9.94. The third kappa shape index (κ3) is 5.73. The van der Waals surface area contributed by atoms with Crippen LogP contribution >= 0.6 is 15.9 Å². The van der Waals surface area contributed by atoms with Gasteiger partial charge >= 0.3 is 0 Å². The van der Waals surface area contributed by atoms with E-state index in [2.05, 4.69) is 29.1 Å². The summed E-state index contributed by atoms with van der Waals surface area (Å²) < 4.78 is 6.79. The molecule has 1 aromatic rings. The Morgan fingerprint density at radius 1 is 1.14 bits per heavy atom. The van der Waals surface area contributed by atoms with Gasteiger partial charge in [-0.1, -0.05) is 84.6 Å². The maximum Gasteiger partial charge on any atom is 0.248 e. The van der Waals surface area contributed by atoms with E-state index in [1.54, 1.807) is 22.0 Å². The summed E-state index contributed by atoms with van der Waals surface area (Å²) in [6.45, 7) is 10.8. The van der Waals surface area contributed by atoms with Crippen LogP contribution in [0.2, 0.25) is 0 Å². The minimum absolute atomic E-state index is 0.0526. The van der Waals surface area contributed by atoms with E-state index >= 15 is 0 Å². The molecule has 3 aliphatic heterocycles. The van der Waals surface area contributed by atoms with Crippen LogP contribution in [0.5, 0.6) is 0 Å². The number of benzene rings is 1. The minimum Gasteiger partial charge on any atom is -0.394 e. The van der Waals surface area contributed by atoms with Crippen LogP contribution in [0.15, 0.2) is 55.6 Å². The van der Waals surface area contributed by atoms with Gasteiger partial charge in [-0.3, -0.25) is 14.4 Å². The number of likely N-dealkylation sites (tertiary alicyclic amines) is 1. The van der Waals surface area contributed by atoms with Gasteiger partial charge in [-0.05, 0) is 37.7 Å². The van der Waals surface area contributed by atoms with Crippen molar-refractivity contribution in [1.29, 1.82) is 0 Å². The van der Waals surface area contributed by atoms with Crippen LogP contribution in [-0.2, 0) is 25.5 Å². The van der Waals surface area contributed by atoms with Crippen molar-refractivity contribution in [3.8, 4) is 0 Å². The summed E-state index contributed by atoms with van der Waals surface area (Å²) in [5.74, 6) is -2.11. The number of amides is 3. The second-order valence-electron chi connectivity index (χ2n) is 12.6. The Morgan fingerprint density at radius 3 is 2.47 bits per heavy atom. The van der Waals surface area contributed by atoms with Gasteiger partial charge in [0.1, 0.15) is 11.6 Å². The van der Waals surface area contributed by atoms with Gasteiger partial charge in [-0.15, -0.1) is 13.2 Å². The Kier molecular flexibility index (Phi) is 10.1. The van der Waals surface area contributed by atoms with E-state index in [1.165, 1.54) is 0 Å². The number of ether oxygens (including phenoxy) is 1. The highest BCUT2D eigenvalue weighted by molar-refractivity contribution is 9.09. The zero-order valence-corrected chi connectivity index (χ0v) is 26.9. The van der Waals surface area contributed by atoms with Gasteiger partial charge in [0.25, 0.3) is 0 Å². The molecule has 4 fully saturated rings. The summed E-state index contributed by atoms with van der Waals surface area (Å²) in [6, 6.07) is 8.17. The van der Waals surface area contributed by atoms with E-state index in [4.69, 9.17) is 4.74 Å². The lowest BCUT2D eigenvalue weighted by atomic mass is 9.70. The maximum absolute atomic E-state index is 14.9. The van der Waals surface area contributed by atoms with Crippen LogP contribution < -0.4 is 0 Å². The summed E-state index contributed by atoms with van der Waals surface area (Å²) in [5.41, 5.74) is -0.209. The highest BCUT2D eigenvalue weighted by Crippen LogP contribution is 2.61. The Bertz CT molecular complexity index is 1190. The van der Waals surface area contributed by atoms with Crippen molar-refractivity contribution >= 4 is 33.7 Å². The van der Waals surface area contributed by atoms with Gasteiger partial charge in [0, 0.05) is 30.5 Å². The van der Waals surface area contributed by atoms with Crippen LogP contribution in [-0.4, -0.2) is 98.4 Å². The number of fused-ring (bicyclic) bond motifs is 1. The number of alkyl halides is 1. The second kappa shape index (κ2) is 13.7. The van der Waals surface area contributed by atoms with E-state index in [-0.39, 0.29) is 35.2 Å². The first-order chi connectivity index (χ1) is 20.8. The van der Waals surface area contributed by atoms with E-state index < -0.39 is 35.6 Å². The van der Waals surface area contributed by atoms with Gasteiger partial charge in [-0.2, -0.15) is 0 Å². The first-order valence-corrected chi connectivity index (χ1v) is 16.8. The highest BCUT2D eigenvalue weighted by Gasteiger charge is 2.77. The molecule has 4 aliphatic rings. The first-order valence-electron chi connectivity index (χ1n) is 15.9. The van der Waals surface area contributed by atoms with Crippen molar-refractivity contribution in [2.75, 3.05) is 26.2 Å². The number of hydrogen-bond donors (Lipinski definition) is 1. The van der Waals surface area contributed by atoms with Crippen molar-refractivity contribution in [2.24, 2.45) is 11.8 Å². The van der Waals surface area contributed by atoms with Crippen molar-refractivity contribution in [1.82, 2.24) is 14.7 Å². The molecule has 5 rings (SSSR count). The molecule has 1 aliphatic carbocycles. The third-order valence-corrected chi connectivity index (χ3v) is 10.8. The van der Waals surface area contributed by atoms with Crippen LogP contribution in [0.3, 0.4) is 0 Å². The predicted octanol–water partition coefficient (Wildman–Crippen LogP) is 4.11. The first kappa shape index (κ1) is 31.9. The lowest BCUT2D eigenvalue weighted by molar-refractivity contribution is -0.153. The average Bonchev–Trinajstić information content (AvgIpc) is 3.62. The second-order valence-corrected chi connectivity index (χ2v) is 13.8. The molecule has 2 bridgehead atoms. The normalized spacial score (nSPS) is 30.6. The molecule has 0 aromatic heterocycles. The molecule has 0 radical (unpaired) electrons. The smallest absolute Gasteiger partial charge is 0.248 e. The molecule has 1 spiro atoms. The van der Waals surface area contributed by atoms with Crippen LogP contribution in [0.4, 0.5) is 0 Å². The lowest BCUT2D eigenvalue weighted by Crippen LogP contribution is -2.61.